The van der Waals surface area contributed by atoms with Gasteiger partial charge in [-0.05, 0) is 59.2 Å². The lowest BCUT2D eigenvalue weighted by molar-refractivity contribution is -0.920. The molecule has 2 heterocycles. The number of hydrogen-bond donors (Lipinski definition) is 0. The topological polar surface area (TPSA) is 0 Å². The number of quaternary nitrogens is 1. The molecule has 1 unspecified atom stereocenters. The van der Waals surface area contributed by atoms with E-state index in [1.54, 1.807) is 11.1 Å². The summed E-state index contributed by atoms with van der Waals surface area (Å²) in [6.07, 6.45) is 8.17. The van der Waals surface area contributed by atoms with Gasteiger partial charge in [0.15, 0.2) is 0 Å². The van der Waals surface area contributed by atoms with E-state index in [2.05, 4.69) is 42.5 Å². The smallest absolute Gasteiger partial charge is 0.101 e. The SMILES string of the molecule is C1=C2C[N+]3(CCCCC3)CC2Cc2ccc3ccccc3c21.[Br-]. The molecule has 1 nitrogen and oxygen atoms in total. The van der Waals surface area contributed by atoms with Gasteiger partial charge in [-0.2, -0.15) is 0 Å². The maximum Gasteiger partial charge on any atom is 0.101 e. The van der Waals surface area contributed by atoms with Crippen molar-refractivity contribution >= 4 is 16.8 Å². The molecule has 2 aromatic carbocycles. The molecule has 2 aromatic rings. The molecule has 3 aliphatic rings. The molecule has 2 fully saturated rings. The van der Waals surface area contributed by atoms with Crippen molar-refractivity contribution in [3.8, 4) is 0 Å². The largest absolute Gasteiger partial charge is 1.00 e. The van der Waals surface area contributed by atoms with Crippen LogP contribution in [-0.4, -0.2) is 30.7 Å². The van der Waals surface area contributed by atoms with Crippen molar-refractivity contribution in [3.05, 3.63) is 53.1 Å². The lowest BCUT2D eigenvalue weighted by Crippen LogP contribution is -3.00. The van der Waals surface area contributed by atoms with Crippen molar-refractivity contribution in [1.29, 1.82) is 0 Å². The summed E-state index contributed by atoms with van der Waals surface area (Å²) in [5, 5.41) is 2.83. The number of rotatable bonds is 0. The molecule has 0 amide bonds. The molecule has 1 aliphatic carbocycles. The van der Waals surface area contributed by atoms with Crippen molar-refractivity contribution in [2.75, 3.05) is 26.2 Å². The molecule has 0 N–H and O–H groups in total. The fraction of sp³-hybridized carbons (Fsp3) is 0.429. The Hall–Kier alpha value is -1.12. The third-order valence-electron chi connectivity index (χ3n) is 6.27. The van der Waals surface area contributed by atoms with Crippen LogP contribution in [0, 0.1) is 5.92 Å². The average Bonchev–Trinajstić information content (AvgIpc) is 2.89. The molecule has 2 aliphatic heterocycles. The third kappa shape index (κ3) is 2.47. The Kier molecular flexibility index (Phi) is 3.85. The number of halogens is 1. The van der Waals surface area contributed by atoms with E-state index in [0.717, 1.165) is 5.92 Å². The summed E-state index contributed by atoms with van der Waals surface area (Å²) in [5.41, 5.74) is 4.83. The van der Waals surface area contributed by atoms with Gasteiger partial charge in [-0.15, -0.1) is 0 Å². The van der Waals surface area contributed by atoms with Crippen molar-refractivity contribution in [1.82, 2.24) is 0 Å². The van der Waals surface area contributed by atoms with Gasteiger partial charge < -0.3 is 21.5 Å². The maximum absolute atomic E-state index is 2.56. The van der Waals surface area contributed by atoms with Crippen LogP contribution in [-0.2, 0) is 6.42 Å². The summed E-state index contributed by atoms with van der Waals surface area (Å²) in [4.78, 5) is 0. The van der Waals surface area contributed by atoms with E-state index in [1.807, 2.05) is 0 Å². The molecular formula is C21H24BrN. The number of nitrogens with zero attached hydrogens (tertiary/aromatic N) is 1. The highest BCUT2D eigenvalue weighted by atomic mass is 79.9. The predicted octanol–water partition coefficient (Wildman–Crippen LogP) is 1.41. The quantitative estimate of drug-likeness (QED) is 0.616. The fourth-order valence-electron chi connectivity index (χ4n) is 5.19. The van der Waals surface area contributed by atoms with Crippen LogP contribution in [0.5, 0.6) is 0 Å². The highest BCUT2D eigenvalue weighted by molar-refractivity contribution is 5.93. The summed E-state index contributed by atoms with van der Waals surface area (Å²) in [6.45, 7) is 5.57. The van der Waals surface area contributed by atoms with E-state index in [0.29, 0.717) is 0 Å². The van der Waals surface area contributed by atoms with Gasteiger partial charge in [0, 0.05) is 5.92 Å². The molecule has 120 valence electrons. The van der Waals surface area contributed by atoms with Gasteiger partial charge in [-0.3, -0.25) is 0 Å². The molecule has 2 saturated heterocycles. The highest BCUT2D eigenvalue weighted by Gasteiger charge is 2.43. The Morgan fingerprint density at radius 3 is 2.61 bits per heavy atom. The summed E-state index contributed by atoms with van der Waals surface area (Å²) in [6, 6.07) is 13.6. The van der Waals surface area contributed by atoms with Gasteiger partial charge in [0.1, 0.15) is 6.54 Å². The van der Waals surface area contributed by atoms with Crippen molar-refractivity contribution in [3.63, 3.8) is 0 Å². The first kappa shape index (κ1) is 15.4. The molecule has 23 heavy (non-hydrogen) atoms. The van der Waals surface area contributed by atoms with Crippen LogP contribution in [0.25, 0.3) is 16.8 Å². The van der Waals surface area contributed by atoms with Crippen LogP contribution >= 0.6 is 0 Å². The second-order valence-electron chi connectivity index (χ2n) is 7.67. The van der Waals surface area contributed by atoms with Crippen molar-refractivity contribution in [2.24, 2.45) is 5.92 Å². The number of hydrogen-bond acceptors (Lipinski definition) is 0. The highest BCUT2D eigenvalue weighted by Crippen LogP contribution is 2.41. The fourth-order valence-corrected chi connectivity index (χ4v) is 5.19. The van der Waals surface area contributed by atoms with Crippen LogP contribution in [0.4, 0.5) is 0 Å². The van der Waals surface area contributed by atoms with Gasteiger partial charge >= 0.3 is 0 Å². The second kappa shape index (κ2) is 5.75. The van der Waals surface area contributed by atoms with E-state index in [-0.39, 0.29) is 17.0 Å². The molecule has 2 heteroatoms. The zero-order valence-electron chi connectivity index (χ0n) is 13.6. The lowest BCUT2D eigenvalue weighted by Gasteiger charge is -2.37. The Morgan fingerprint density at radius 1 is 0.913 bits per heavy atom. The van der Waals surface area contributed by atoms with E-state index >= 15 is 0 Å². The number of fused-ring (bicyclic) bond motifs is 4. The molecule has 1 atom stereocenters. The van der Waals surface area contributed by atoms with Crippen LogP contribution in [0.15, 0.2) is 42.0 Å². The van der Waals surface area contributed by atoms with Gasteiger partial charge in [0.25, 0.3) is 0 Å². The first-order valence-corrected chi connectivity index (χ1v) is 8.89. The van der Waals surface area contributed by atoms with Gasteiger partial charge in [-0.25, -0.2) is 0 Å². The zero-order valence-corrected chi connectivity index (χ0v) is 15.2. The van der Waals surface area contributed by atoms with Crippen molar-refractivity contribution in [2.45, 2.75) is 25.7 Å². The summed E-state index contributed by atoms with van der Waals surface area (Å²) < 4.78 is 1.39. The Balaban J connectivity index is 0.00000135. The molecule has 0 bridgehead atoms. The van der Waals surface area contributed by atoms with E-state index in [4.69, 9.17) is 0 Å². The first-order valence-electron chi connectivity index (χ1n) is 8.89. The Morgan fingerprint density at radius 2 is 1.74 bits per heavy atom. The van der Waals surface area contributed by atoms with E-state index in [9.17, 15) is 0 Å². The summed E-state index contributed by atoms with van der Waals surface area (Å²) in [5.74, 6) is 0.812. The Bertz CT molecular complexity index is 771. The predicted molar refractivity (Wildman–Crippen MR) is 92.7 cm³/mol. The minimum atomic E-state index is 0. The van der Waals surface area contributed by atoms with E-state index < -0.39 is 0 Å². The lowest BCUT2D eigenvalue weighted by atomic mass is 9.83. The van der Waals surface area contributed by atoms with Gasteiger partial charge in [0.05, 0.1) is 19.6 Å². The van der Waals surface area contributed by atoms with Gasteiger partial charge in [-0.1, -0.05) is 36.4 Å². The third-order valence-corrected chi connectivity index (χ3v) is 6.27. The van der Waals surface area contributed by atoms with E-state index in [1.165, 1.54) is 72.7 Å². The summed E-state index contributed by atoms with van der Waals surface area (Å²) >= 11 is 0. The van der Waals surface area contributed by atoms with Crippen LogP contribution in [0.2, 0.25) is 0 Å². The van der Waals surface area contributed by atoms with Crippen LogP contribution in [0.1, 0.15) is 30.4 Å². The maximum atomic E-state index is 2.56. The molecule has 0 aromatic heterocycles. The summed E-state index contributed by atoms with van der Waals surface area (Å²) in [7, 11) is 0. The van der Waals surface area contributed by atoms with Crippen LogP contribution in [0.3, 0.4) is 0 Å². The molecule has 0 saturated carbocycles. The molecule has 0 radical (unpaired) electrons. The number of benzene rings is 2. The monoisotopic (exact) mass is 369 g/mol. The number of piperidine rings is 1. The minimum absolute atomic E-state index is 0. The Labute approximate surface area is 149 Å². The molecular weight excluding hydrogens is 346 g/mol. The molecule has 1 spiro atoms. The van der Waals surface area contributed by atoms with Gasteiger partial charge in [0.2, 0.25) is 0 Å². The second-order valence-corrected chi connectivity index (χ2v) is 7.67. The van der Waals surface area contributed by atoms with Crippen molar-refractivity contribution < 1.29 is 21.5 Å². The normalized spacial score (nSPS) is 24.7. The zero-order chi connectivity index (χ0) is 14.6. The standard InChI is InChI=1S/C21H24N.BrH/c1-4-10-22(11-5-1)14-18-12-17-9-8-16-6-2-3-7-20(16)21(17)13-19(18)15-22;/h2-3,6-9,13,18H,1,4-5,10-12,14-15H2;1H/q+1;/p-1. The molecule has 5 rings (SSSR count). The minimum Gasteiger partial charge on any atom is -1.00 e. The first-order chi connectivity index (χ1) is 10.8. The van der Waals surface area contributed by atoms with Crippen LogP contribution < -0.4 is 17.0 Å². The average molecular weight is 370 g/mol.